The quantitative estimate of drug-likeness (QED) is 0.154. The number of rotatable bonds is 10. The summed E-state index contributed by atoms with van der Waals surface area (Å²) < 4.78 is 15.2. The van der Waals surface area contributed by atoms with E-state index in [4.69, 9.17) is 14.2 Å². The van der Waals surface area contributed by atoms with Crippen LogP contribution in [0.2, 0.25) is 0 Å². The third-order valence-electron chi connectivity index (χ3n) is 4.13. The fourth-order valence-corrected chi connectivity index (χ4v) is 2.66. The molecule has 0 aliphatic rings. The van der Waals surface area contributed by atoms with E-state index in [0.717, 1.165) is 30.4 Å². The van der Waals surface area contributed by atoms with Crippen molar-refractivity contribution in [1.29, 1.82) is 0 Å². The van der Waals surface area contributed by atoms with Crippen molar-refractivity contribution in [3.8, 4) is 5.75 Å². The molecule has 2 aromatic carbocycles. The summed E-state index contributed by atoms with van der Waals surface area (Å²) in [6.45, 7) is 4.51. The van der Waals surface area contributed by atoms with Crippen molar-refractivity contribution >= 4 is 40.7 Å². The molecule has 0 radical (unpaired) electrons. The number of nitro benzene ring substituents is 2. The van der Waals surface area contributed by atoms with Crippen molar-refractivity contribution in [1.82, 2.24) is 0 Å². The van der Waals surface area contributed by atoms with E-state index in [1.165, 1.54) is 6.07 Å². The maximum absolute atomic E-state index is 12.2. The Bertz CT molecular complexity index is 1220. The molecular weight excluding hydrogens is 492 g/mol. The number of benzene rings is 2. The van der Waals surface area contributed by atoms with Crippen LogP contribution in [0.25, 0.3) is 0 Å². The molecule has 0 saturated heterocycles. The van der Waals surface area contributed by atoms with E-state index in [1.807, 2.05) is 0 Å². The van der Waals surface area contributed by atoms with Crippen LogP contribution in [0.5, 0.6) is 5.75 Å². The number of carbonyl (C=O) groups is 3. The average Bonchev–Trinajstić information content (AvgIpc) is 2.80. The van der Waals surface area contributed by atoms with Gasteiger partial charge < -0.3 is 19.5 Å². The molecule has 0 heterocycles. The fraction of sp³-hybridized carbons (Fsp3) is 0.261. The van der Waals surface area contributed by atoms with Gasteiger partial charge in [0.15, 0.2) is 5.75 Å². The number of carbonyl (C=O) groups excluding carboxylic acids is 3. The predicted octanol–water partition coefficient (Wildman–Crippen LogP) is 3.97. The van der Waals surface area contributed by atoms with E-state index >= 15 is 0 Å². The van der Waals surface area contributed by atoms with Gasteiger partial charge in [0, 0.05) is 18.2 Å². The summed E-state index contributed by atoms with van der Waals surface area (Å²) in [6, 6.07) is 9.21. The Kier molecular flexibility index (Phi) is 9.63. The van der Waals surface area contributed by atoms with Crippen molar-refractivity contribution < 1.29 is 38.4 Å². The first-order valence-electron chi connectivity index (χ1n) is 10.7. The monoisotopic (exact) mass is 516 g/mol. The SMILES string of the molecule is CC(C)(C)OC(=O)Nc1ccccc1NC(=O)/C=C/C(=O)OCCOc1ccc([N+](=O)[O-])cc1[N+](=O)[O-]. The number of ether oxygens (including phenoxy) is 3. The summed E-state index contributed by atoms with van der Waals surface area (Å²) in [7, 11) is 0. The van der Waals surface area contributed by atoms with E-state index in [2.05, 4.69) is 10.6 Å². The number of nitrogens with one attached hydrogen (secondary N) is 2. The van der Waals surface area contributed by atoms with E-state index < -0.39 is 44.8 Å². The lowest BCUT2D eigenvalue weighted by Crippen LogP contribution is -2.27. The third-order valence-corrected chi connectivity index (χ3v) is 4.13. The van der Waals surface area contributed by atoms with Gasteiger partial charge in [-0.15, -0.1) is 0 Å². The molecule has 0 aliphatic carbocycles. The summed E-state index contributed by atoms with van der Waals surface area (Å²) in [5.74, 6) is -1.81. The number of nitro groups is 2. The number of para-hydroxylation sites is 2. The second-order valence-electron chi connectivity index (χ2n) is 8.18. The van der Waals surface area contributed by atoms with Crippen molar-refractivity contribution in [3.05, 3.63) is 74.8 Å². The van der Waals surface area contributed by atoms with Crippen LogP contribution in [0.15, 0.2) is 54.6 Å². The molecule has 196 valence electrons. The van der Waals surface area contributed by atoms with E-state index in [1.54, 1.807) is 39.0 Å². The molecule has 37 heavy (non-hydrogen) atoms. The molecule has 0 spiro atoms. The molecule has 14 heteroatoms. The lowest BCUT2D eigenvalue weighted by Gasteiger charge is -2.20. The van der Waals surface area contributed by atoms with Crippen molar-refractivity contribution in [3.63, 3.8) is 0 Å². The van der Waals surface area contributed by atoms with Gasteiger partial charge in [-0.3, -0.25) is 30.3 Å². The molecule has 0 bridgehead atoms. The first-order valence-corrected chi connectivity index (χ1v) is 10.7. The molecule has 0 fully saturated rings. The van der Waals surface area contributed by atoms with Gasteiger partial charge in [0.2, 0.25) is 5.91 Å². The van der Waals surface area contributed by atoms with Gasteiger partial charge in [0.1, 0.15) is 18.8 Å². The molecule has 2 N–H and O–H groups in total. The molecular formula is C23H24N4O10. The lowest BCUT2D eigenvalue weighted by molar-refractivity contribution is -0.394. The van der Waals surface area contributed by atoms with Gasteiger partial charge >= 0.3 is 17.7 Å². The van der Waals surface area contributed by atoms with Gasteiger partial charge in [-0.05, 0) is 39.0 Å². The van der Waals surface area contributed by atoms with E-state index in [-0.39, 0.29) is 30.3 Å². The molecule has 0 saturated carbocycles. The van der Waals surface area contributed by atoms with Crippen LogP contribution in [0.4, 0.5) is 27.5 Å². The zero-order valence-electron chi connectivity index (χ0n) is 20.1. The Hall–Kier alpha value is -5.01. The minimum atomic E-state index is -0.892. The number of hydrogen-bond acceptors (Lipinski definition) is 10. The van der Waals surface area contributed by atoms with Gasteiger partial charge in [0.05, 0.1) is 27.3 Å². The molecule has 0 aliphatic heterocycles. The highest BCUT2D eigenvalue weighted by Crippen LogP contribution is 2.30. The van der Waals surface area contributed by atoms with Crippen molar-refractivity contribution in [2.24, 2.45) is 0 Å². The largest absolute Gasteiger partial charge is 0.483 e. The summed E-state index contributed by atoms with van der Waals surface area (Å²) in [6.07, 6.45) is 1.05. The molecule has 0 unspecified atom stereocenters. The average molecular weight is 516 g/mol. The topological polar surface area (TPSA) is 189 Å². The summed E-state index contributed by atoms with van der Waals surface area (Å²) in [5, 5.41) is 26.9. The predicted molar refractivity (Wildman–Crippen MR) is 130 cm³/mol. The van der Waals surface area contributed by atoms with E-state index in [0.29, 0.717) is 0 Å². The molecule has 14 nitrogen and oxygen atoms in total. The molecule has 0 aromatic heterocycles. The van der Waals surface area contributed by atoms with Crippen LogP contribution in [0.1, 0.15) is 20.8 Å². The standard InChI is InChI=1S/C23H24N4O10/c1-23(2,3)37-22(30)25-17-7-5-4-6-16(17)24-20(28)10-11-21(29)36-13-12-35-19-9-8-15(26(31)32)14-18(19)27(33)34/h4-11,14H,12-13H2,1-3H3,(H,24,28)(H,25,30)/b11-10+. The summed E-state index contributed by atoms with van der Waals surface area (Å²) in [4.78, 5) is 56.3. The second kappa shape index (κ2) is 12.6. The van der Waals surface area contributed by atoms with Crippen LogP contribution in [-0.4, -0.2) is 46.6 Å². The molecule has 0 atom stereocenters. The Morgan fingerprint density at radius 1 is 0.919 bits per heavy atom. The lowest BCUT2D eigenvalue weighted by atomic mass is 10.2. The fourth-order valence-electron chi connectivity index (χ4n) is 2.66. The van der Waals surface area contributed by atoms with Crippen LogP contribution in [0, 0.1) is 20.2 Å². The normalized spacial score (nSPS) is 10.9. The van der Waals surface area contributed by atoms with Crippen LogP contribution in [0.3, 0.4) is 0 Å². The molecule has 2 aromatic rings. The number of amides is 2. The maximum atomic E-state index is 12.2. The smallest absolute Gasteiger partial charge is 0.412 e. The Balaban J connectivity index is 1.86. The van der Waals surface area contributed by atoms with Crippen LogP contribution >= 0.6 is 0 Å². The van der Waals surface area contributed by atoms with E-state index in [9.17, 15) is 34.6 Å². The minimum Gasteiger partial charge on any atom is -0.483 e. The Morgan fingerprint density at radius 2 is 1.57 bits per heavy atom. The van der Waals surface area contributed by atoms with Crippen LogP contribution in [-0.2, 0) is 19.1 Å². The van der Waals surface area contributed by atoms with Gasteiger partial charge in [-0.25, -0.2) is 9.59 Å². The third kappa shape index (κ3) is 9.64. The van der Waals surface area contributed by atoms with Crippen LogP contribution < -0.4 is 15.4 Å². The zero-order chi connectivity index (χ0) is 27.6. The molecule has 2 amide bonds. The van der Waals surface area contributed by atoms with Gasteiger partial charge in [-0.1, -0.05) is 12.1 Å². The second-order valence-corrected chi connectivity index (χ2v) is 8.18. The van der Waals surface area contributed by atoms with Gasteiger partial charge in [0.25, 0.3) is 5.69 Å². The maximum Gasteiger partial charge on any atom is 0.412 e. The van der Waals surface area contributed by atoms with Crippen molar-refractivity contribution in [2.75, 3.05) is 23.8 Å². The minimum absolute atomic E-state index is 0.236. The first kappa shape index (κ1) is 28.2. The zero-order valence-corrected chi connectivity index (χ0v) is 20.1. The Morgan fingerprint density at radius 3 is 2.16 bits per heavy atom. The number of esters is 1. The van der Waals surface area contributed by atoms with Crippen molar-refractivity contribution in [2.45, 2.75) is 26.4 Å². The highest BCUT2D eigenvalue weighted by Gasteiger charge is 2.21. The number of hydrogen-bond donors (Lipinski definition) is 2. The number of anilines is 2. The van der Waals surface area contributed by atoms with Gasteiger partial charge in [-0.2, -0.15) is 0 Å². The molecule has 2 rings (SSSR count). The summed E-state index contributed by atoms with van der Waals surface area (Å²) >= 11 is 0. The first-order chi connectivity index (χ1) is 17.4. The highest BCUT2D eigenvalue weighted by atomic mass is 16.6. The summed E-state index contributed by atoms with van der Waals surface area (Å²) in [5.41, 5.74) is -1.27. The Labute approximate surface area is 210 Å². The number of nitrogens with zero attached hydrogens (tertiary/aromatic N) is 2. The highest BCUT2D eigenvalue weighted by molar-refractivity contribution is 6.05. The number of non-ortho nitro benzene ring substituents is 1.